The molecule has 0 fully saturated rings. The summed E-state index contributed by atoms with van der Waals surface area (Å²) in [5.41, 5.74) is 4.12. The molecular formula is C29H34ClN7O3. The molecular weight excluding hydrogens is 530 g/mol. The van der Waals surface area contributed by atoms with E-state index >= 15 is 0 Å². The van der Waals surface area contributed by atoms with Crippen molar-refractivity contribution in [3.8, 4) is 11.3 Å². The van der Waals surface area contributed by atoms with Gasteiger partial charge in [-0.3, -0.25) is 4.79 Å². The first-order valence-corrected chi connectivity index (χ1v) is 13.6. The molecule has 1 unspecified atom stereocenters. The van der Waals surface area contributed by atoms with Crippen LogP contribution < -0.4 is 16.0 Å². The van der Waals surface area contributed by atoms with E-state index in [9.17, 15) is 14.7 Å². The first kappa shape index (κ1) is 28.8. The van der Waals surface area contributed by atoms with Gasteiger partial charge in [-0.05, 0) is 42.0 Å². The normalized spacial score (nSPS) is 12.1. The zero-order valence-electron chi connectivity index (χ0n) is 23.2. The van der Waals surface area contributed by atoms with Gasteiger partial charge in [0, 0.05) is 30.9 Å². The van der Waals surface area contributed by atoms with Crippen molar-refractivity contribution < 1.29 is 14.7 Å². The number of carbonyl (C=O) groups excluding carboxylic acids is 1. The van der Waals surface area contributed by atoms with Gasteiger partial charge in [-0.25, -0.2) is 19.3 Å². The van der Waals surface area contributed by atoms with Crippen molar-refractivity contribution in [2.75, 3.05) is 23.7 Å². The molecule has 4 aromatic rings. The summed E-state index contributed by atoms with van der Waals surface area (Å²) in [6.45, 7) is 10.7. The molecule has 1 atom stereocenters. The van der Waals surface area contributed by atoms with Gasteiger partial charge in [-0.15, -0.1) is 0 Å². The van der Waals surface area contributed by atoms with Crippen LogP contribution in [0.5, 0.6) is 0 Å². The number of rotatable bonds is 11. The van der Waals surface area contributed by atoms with Crippen molar-refractivity contribution in [2.24, 2.45) is 5.92 Å². The number of nitrogens with one attached hydrogen (secondary N) is 3. The quantitative estimate of drug-likeness (QED) is 0.182. The summed E-state index contributed by atoms with van der Waals surface area (Å²) in [4.78, 5) is 33.8. The number of hydrogen-bond donors (Lipinski definition) is 4. The average Bonchev–Trinajstić information content (AvgIpc) is 3.34. The first-order valence-electron chi connectivity index (χ1n) is 13.2. The number of anilines is 2. The lowest BCUT2D eigenvalue weighted by molar-refractivity contribution is -0.140. The van der Waals surface area contributed by atoms with Crippen molar-refractivity contribution in [3.63, 3.8) is 0 Å². The number of fused-ring (bicyclic) bond motifs is 1. The highest BCUT2D eigenvalue weighted by atomic mass is 35.5. The Labute approximate surface area is 238 Å². The van der Waals surface area contributed by atoms with E-state index in [0.29, 0.717) is 41.1 Å². The number of aromatic nitrogens is 4. The van der Waals surface area contributed by atoms with Crippen LogP contribution in [-0.2, 0) is 4.79 Å². The molecule has 10 nitrogen and oxygen atoms in total. The fourth-order valence-electron chi connectivity index (χ4n) is 4.14. The third-order valence-electron chi connectivity index (χ3n) is 6.48. The van der Waals surface area contributed by atoms with E-state index in [2.05, 4.69) is 45.9 Å². The molecule has 3 aromatic heterocycles. The van der Waals surface area contributed by atoms with Crippen LogP contribution in [0.1, 0.15) is 55.2 Å². The lowest BCUT2D eigenvalue weighted by Gasteiger charge is -2.16. The topological polar surface area (TPSA) is 134 Å². The van der Waals surface area contributed by atoms with Gasteiger partial charge in [0.1, 0.15) is 17.4 Å². The number of hydrogen-bond acceptors (Lipinski definition) is 7. The first-order chi connectivity index (χ1) is 19.0. The van der Waals surface area contributed by atoms with E-state index < -0.39 is 17.9 Å². The fourth-order valence-corrected chi connectivity index (χ4v) is 4.47. The van der Waals surface area contributed by atoms with Crippen molar-refractivity contribution in [2.45, 2.75) is 46.6 Å². The standard InChI is InChI=1S/C29H34ClN7O3/c1-16(2)19-7-9-25(33-14-19)31-10-11-32-27-24-13-22(28(38)35-26(17(3)4)29(39)40)36-37(24)15-23(34-27)20-8-6-18(5)12-21(20)30/h6-9,12-17,26H,10-11H2,1-5H3,(H,31,33)(H,32,34)(H,35,38)(H,39,40). The van der Waals surface area contributed by atoms with Gasteiger partial charge >= 0.3 is 5.97 Å². The number of aliphatic carboxylic acids is 1. The Hall–Kier alpha value is -4.18. The van der Waals surface area contributed by atoms with Crippen LogP contribution in [0.15, 0.2) is 48.8 Å². The Balaban J connectivity index is 1.60. The predicted octanol–water partition coefficient (Wildman–Crippen LogP) is 5.24. The molecule has 4 N–H and O–H groups in total. The molecule has 1 aromatic carbocycles. The maximum atomic E-state index is 12.9. The Morgan fingerprint density at radius 3 is 2.42 bits per heavy atom. The van der Waals surface area contributed by atoms with Crippen LogP contribution in [-0.4, -0.2) is 55.7 Å². The molecule has 0 saturated carbocycles. The van der Waals surface area contributed by atoms with E-state index in [1.54, 1.807) is 30.6 Å². The van der Waals surface area contributed by atoms with Gasteiger partial charge in [0.15, 0.2) is 11.5 Å². The van der Waals surface area contributed by atoms with Gasteiger partial charge < -0.3 is 21.1 Å². The second-order valence-electron chi connectivity index (χ2n) is 10.3. The van der Waals surface area contributed by atoms with E-state index in [1.165, 1.54) is 5.56 Å². The molecule has 0 saturated heterocycles. The minimum absolute atomic E-state index is 0.0801. The predicted molar refractivity (Wildman–Crippen MR) is 157 cm³/mol. The highest BCUT2D eigenvalue weighted by molar-refractivity contribution is 6.33. The fraction of sp³-hybridized carbons (Fsp3) is 0.345. The van der Waals surface area contributed by atoms with E-state index in [1.807, 2.05) is 37.4 Å². The second kappa shape index (κ2) is 12.3. The van der Waals surface area contributed by atoms with Gasteiger partial charge in [-0.1, -0.05) is 57.5 Å². The number of carboxylic acid groups (broad SMARTS) is 1. The molecule has 0 radical (unpaired) electrons. The third-order valence-corrected chi connectivity index (χ3v) is 6.80. The van der Waals surface area contributed by atoms with Crippen molar-refractivity contribution >= 4 is 40.6 Å². The summed E-state index contributed by atoms with van der Waals surface area (Å²) in [6.07, 6.45) is 3.57. The number of amides is 1. The van der Waals surface area contributed by atoms with E-state index in [-0.39, 0.29) is 11.6 Å². The summed E-state index contributed by atoms with van der Waals surface area (Å²) in [5, 5.41) is 23.7. The third kappa shape index (κ3) is 6.69. The molecule has 0 spiro atoms. The van der Waals surface area contributed by atoms with Crippen LogP contribution in [0.4, 0.5) is 11.6 Å². The van der Waals surface area contributed by atoms with Crippen LogP contribution in [0, 0.1) is 12.8 Å². The monoisotopic (exact) mass is 563 g/mol. The smallest absolute Gasteiger partial charge is 0.326 e. The molecule has 0 aliphatic carbocycles. The molecule has 0 bridgehead atoms. The van der Waals surface area contributed by atoms with Crippen molar-refractivity contribution in [3.05, 3.63) is 70.6 Å². The van der Waals surface area contributed by atoms with Gasteiger partial charge in [0.05, 0.1) is 16.9 Å². The average molecular weight is 564 g/mol. The summed E-state index contributed by atoms with van der Waals surface area (Å²) >= 11 is 6.54. The Kier molecular flexibility index (Phi) is 8.89. The molecule has 1 amide bonds. The number of halogens is 1. The lowest BCUT2D eigenvalue weighted by atomic mass is 10.0. The highest BCUT2D eigenvalue weighted by Crippen LogP contribution is 2.30. The number of nitrogens with zero attached hydrogens (tertiary/aromatic N) is 4. The minimum Gasteiger partial charge on any atom is -0.480 e. The number of aryl methyl sites for hydroxylation is 1. The molecule has 0 aliphatic heterocycles. The molecule has 210 valence electrons. The summed E-state index contributed by atoms with van der Waals surface area (Å²) in [6, 6.07) is 10.3. The second-order valence-corrected chi connectivity index (χ2v) is 10.7. The van der Waals surface area contributed by atoms with E-state index in [0.717, 1.165) is 16.9 Å². The van der Waals surface area contributed by atoms with Gasteiger partial charge in [0.25, 0.3) is 5.91 Å². The lowest BCUT2D eigenvalue weighted by Crippen LogP contribution is -2.44. The maximum Gasteiger partial charge on any atom is 0.326 e. The number of benzene rings is 1. The molecule has 4 rings (SSSR count). The van der Waals surface area contributed by atoms with E-state index in [4.69, 9.17) is 16.6 Å². The highest BCUT2D eigenvalue weighted by Gasteiger charge is 2.25. The van der Waals surface area contributed by atoms with Crippen LogP contribution in [0.3, 0.4) is 0 Å². The summed E-state index contributed by atoms with van der Waals surface area (Å²) < 4.78 is 1.56. The summed E-state index contributed by atoms with van der Waals surface area (Å²) in [5.74, 6) is -0.294. The molecule has 3 heterocycles. The Morgan fingerprint density at radius 2 is 1.80 bits per heavy atom. The Morgan fingerprint density at radius 1 is 1.05 bits per heavy atom. The van der Waals surface area contributed by atoms with Gasteiger partial charge in [0.2, 0.25) is 0 Å². The zero-order chi connectivity index (χ0) is 29.0. The van der Waals surface area contributed by atoms with Crippen LogP contribution in [0.2, 0.25) is 5.02 Å². The maximum absolute atomic E-state index is 12.9. The van der Waals surface area contributed by atoms with Crippen molar-refractivity contribution in [1.82, 2.24) is 24.9 Å². The Bertz CT molecular complexity index is 1520. The number of pyridine rings is 1. The largest absolute Gasteiger partial charge is 0.480 e. The molecule has 11 heteroatoms. The van der Waals surface area contributed by atoms with Crippen LogP contribution in [0.25, 0.3) is 16.8 Å². The zero-order valence-corrected chi connectivity index (χ0v) is 24.0. The number of carbonyl (C=O) groups is 2. The number of carboxylic acids is 1. The van der Waals surface area contributed by atoms with Crippen LogP contribution >= 0.6 is 11.6 Å². The molecule has 40 heavy (non-hydrogen) atoms. The van der Waals surface area contributed by atoms with Crippen molar-refractivity contribution in [1.29, 1.82) is 0 Å². The molecule has 0 aliphatic rings. The summed E-state index contributed by atoms with van der Waals surface area (Å²) in [7, 11) is 0. The minimum atomic E-state index is -1.10. The van der Waals surface area contributed by atoms with Gasteiger partial charge in [-0.2, -0.15) is 5.10 Å². The SMILES string of the molecule is Cc1ccc(-c2cn3nc(C(=O)NC(C(=O)O)C(C)C)cc3c(NCCNc3ccc(C(C)C)cn3)n2)c(Cl)c1.